The predicted molar refractivity (Wildman–Crippen MR) is 74.7 cm³/mol. The maximum atomic E-state index is 11.7. The van der Waals surface area contributed by atoms with Crippen LogP contribution < -0.4 is 0 Å². The average Bonchev–Trinajstić information content (AvgIpc) is 2.34. The first kappa shape index (κ1) is 15.5. The van der Waals surface area contributed by atoms with Crippen LogP contribution in [0.25, 0.3) is 0 Å². The van der Waals surface area contributed by atoms with Crippen molar-refractivity contribution in [2.24, 2.45) is 11.3 Å². The molecule has 0 heterocycles. The van der Waals surface area contributed by atoms with Crippen LogP contribution in [0.1, 0.15) is 59.3 Å². The Bertz CT molecular complexity index is 267. The Balaban J connectivity index is 2.68. The average molecular weight is 255 g/mol. The van der Waals surface area contributed by atoms with Crippen LogP contribution in [0, 0.1) is 11.3 Å². The normalized spacial score (nSPS) is 28.6. The van der Waals surface area contributed by atoms with E-state index in [2.05, 4.69) is 25.7 Å². The molecule has 106 valence electrons. The molecular formula is C15H29NO2. The minimum atomic E-state index is -0.580. The Labute approximate surface area is 112 Å². The highest BCUT2D eigenvalue weighted by atomic mass is 16.4. The van der Waals surface area contributed by atoms with Gasteiger partial charge in [-0.05, 0) is 38.3 Å². The SMILES string of the molecule is CCCCN(CC)CC1(C(=O)O)CCCC(C)C1. The standard InChI is InChI=1S/C15H29NO2/c1-4-6-10-16(5-2)12-15(14(17)18)9-7-8-13(3)11-15/h13H,4-12H2,1-3H3,(H,17,18). The lowest BCUT2D eigenvalue weighted by Crippen LogP contribution is -2.46. The van der Waals surface area contributed by atoms with Crippen LogP contribution in [0.5, 0.6) is 0 Å². The number of carboxylic acid groups (broad SMARTS) is 1. The van der Waals surface area contributed by atoms with Crippen LogP contribution in [0.2, 0.25) is 0 Å². The van der Waals surface area contributed by atoms with E-state index in [1.807, 2.05) is 0 Å². The van der Waals surface area contributed by atoms with Crippen molar-refractivity contribution in [3.63, 3.8) is 0 Å². The first-order valence-electron chi connectivity index (χ1n) is 7.50. The molecule has 3 heteroatoms. The number of hydrogen-bond donors (Lipinski definition) is 1. The molecule has 2 unspecified atom stereocenters. The zero-order valence-electron chi connectivity index (χ0n) is 12.2. The monoisotopic (exact) mass is 255 g/mol. The molecule has 0 radical (unpaired) electrons. The van der Waals surface area contributed by atoms with Crippen molar-refractivity contribution >= 4 is 5.97 Å². The minimum Gasteiger partial charge on any atom is -0.481 e. The summed E-state index contributed by atoms with van der Waals surface area (Å²) in [6.07, 6.45) is 6.31. The van der Waals surface area contributed by atoms with Gasteiger partial charge in [0.05, 0.1) is 5.41 Å². The maximum absolute atomic E-state index is 11.7. The van der Waals surface area contributed by atoms with Gasteiger partial charge >= 0.3 is 5.97 Å². The molecule has 1 rings (SSSR count). The van der Waals surface area contributed by atoms with Gasteiger partial charge in [0.25, 0.3) is 0 Å². The molecule has 0 aromatic heterocycles. The lowest BCUT2D eigenvalue weighted by atomic mass is 9.69. The number of carboxylic acids is 1. The second kappa shape index (κ2) is 7.13. The molecule has 1 saturated carbocycles. The number of nitrogens with zero attached hydrogens (tertiary/aromatic N) is 1. The third-order valence-corrected chi connectivity index (χ3v) is 4.35. The molecule has 1 fully saturated rings. The molecule has 1 N–H and O–H groups in total. The van der Waals surface area contributed by atoms with Gasteiger partial charge in [0.1, 0.15) is 0 Å². The molecule has 18 heavy (non-hydrogen) atoms. The molecule has 0 aliphatic heterocycles. The summed E-state index contributed by atoms with van der Waals surface area (Å²) < 4.78 is 0. The third-order valence-electron chi connectivity index (χ3n) is 4.35. The van der Waals surface area contributed by atoms with Gasteiger partial charge in [0.2, 0.25) is 0 Å². The number of hydrogen-bond acceptors (Lipinski definition) is 2. The van der Waals surface area contributed by atoms with Crippen molar-refractivity contribution in [1.29, 1.82) is 0 Å². The first-order valence-corrected chi connectivity index (χ1v) is 7.50. The Morgan fingerprint density at radius 3 is 2.67 bits per heavy atom. The fraction of sp³-hybridized carbons (Fsp3) is 0.933. The molecule has 3 nitrogen and oxygen atoms in total. The van der Waals surface area contributed by atoms with Gasteiger partial charge < -0.3 is 10.0 Å². The highest BCUT2D eigenvalue weighted by Gasteiger charge is 2.42. The highest BCUT2D eigenvalue weighted by Crippen LogP contribution is 2.40. The quantitative estimate of drug-likeness (QED) is 0.758. The van der Waals surface area contributed by atoms with Gasteiger partial charge in [0.15, 0.2) is 0 Å². The topological polar surface area (TPSA) is 40.5 Å². The first-order chi connectivity index (χ1) is 8.54. The van der Waals surface area contributed by atoms with Crippen LogP contribution in [0.3, 0.4) is 0 Å². The van der Waals surface area contributed by atoms with E-state index in [0.29, 0.717) is 5.92 Å². The molecular weight excluding hydrogens is 226 g/mol. The second-order valence-corrected chi connectivity index (χ2v) is 6.01. The molecule has 0 spiro atoms. The summed E-state index contributed by atoms with van der Waals surface area (Å²) in [6.45, 7) is 9.25. The Morgan fingerprint density at radius 1 is 1.44 bits per heavy atom. The largest absolute Gasteiger partial charge is 0.481 e. The van der Waals surface area contributed by atoms with E-state index in [-0.39, 0.29) is 0 Å². The van der Waals surface area contributed by atoms with Crippen molar-refractivity contribution in [3.8, 4) is 0 Å². The number of carbonyl (C=O) groups is 1. The van der Waals surface area contributed by atoms with Crippen LogP contribution in [0.4, 0.5) is 0 Å². The van der Waals surface area contributed by atoms with Gasteiger partial charge in [-0.15, -0.1) is 0 Å². The number of rotatable bonds is 7. The van der Waals surface area contributed by atoms with E-state index in [1.54, 1.807) is 0 Å². The summed E-state index contributed by atoms with van der Waals surface area (Å²) in [5.41, 5.74) is -0.485. The van der Waals surface area contributed by atoms with Gasteiger partial charge in [0, 0.05) is 6.54 Å². The number of unbranched alkanes of at least 4 members (excludes halogenated alkanes) is 1. The second-order valence-electron chi connectivity index (χ2n) is 6.01. The van der Waals surface area contributed by atoms with Gasteiger partial charge in [-0.2, -0.15) is 0 Å². The molecule has 2 atom stereocenters. The van der Waals surface area contributed by atoms with Crippen molar-refractivity contribution in [2.75, 3.05) is 19.6 Å². The minimum absolute atomic E-state index is 0.485. The Kier molecular flexibility index (Phi) is 6.13. The van der Waals surface area contributed by atoms with E-state index >= 15 is 0 Å². The van der Waals surface area contributed by atoms with Crippen molar-refractivity contribution in [1.82, 2.24) is 4.90 Å². The van der Waals surface area contributed by atoms with Crippen molar-refractivity contribution < 1.29 is 9.90 Å². The van der Waals surface area contributed by atoms with Gasteiger partial charge in [-0.1, -0.05) is 40.0 Å². The molecule has 0 saturated heterocycles. The lowest BCUT2D eigenvalue weighted by molar-refractivity contribution is -0.153. The molecule has 0 aromatic rings. The zero-order chi connectivity index (χ0) is 13.6. The summed E-state index contributed by atoms with van der Waals surface area (Å²) in [5, 5.41) is 9.65. The molecule has 1 aliphatic carbocycles. The van der Waals surface area contributed by atoms with E-state index in [1.165, 1.54) is 19.3 Å². The summed E-state index contributed by atoms with van der Waals surface area (Å²) >= 11 is 0. The van der Waals surface area contributed by atoms with Crippen LogP contribution in [0.15, 0.2) is 0 Å². The zero-order valence-corrected chi connectivity index (χ0v) is 12.2. The fourth-order valence-corrected chi connectivity index (χ4v) is 3.22. The molecule has 0 bridgehead atoms. The Hall–Kier alpha value is -0.570. The fourth-order valence-electron chi connectivity index (χ4n) is 3.22. The third kappa shape index (κ3) is 3.98. The van der Waals surface area contributed by atoms with E-state index < -0.39 is 11.4 Å². The smallest absolute Gasteiger partial charge is 0.310 e. The van der Waals surface area contributed by atoms with Gasteiger partial charge in [-0.3, -0.25) is 4.79 Å². The van der Waals surface area contributed by atoms with Crippen molar-refractivity contribution in [3.05, 3.63) is 0 Å². The van der Waals surface area contributed by atoms with E-state index in [0.717, 1.165) is 38.9 Å². The highest BCUT2D eigenvalue weighted by molar-refractivity contribution is 5.75. The lowest BCUT2D eigenvalue weighted by Gasteiger charge is -2.40. The number of aliphatic carboxylic acids is 1. The summed E-state index contributed by atoms with van der Waals surface area (Å²) in [6, 6.07) is 0. The molecule has 0 amide bonds. The van der Waals surface area contributed by atoms with Crippen LogP contribution >= 0.6 is 0 Å². The van der Waals surface area contributed by atoms with E-state index in [4.69, 9.17) is 0 Å². The van der Waals surface area contributed by atoms with E-state index in [9.17, 15) is 9.90 Å². The maximum Gasteiger partial charge on any atom is 0.310 e. The summed E-state index contributed by atoms with van der Waals surface area (Å²) in [7, 11) is 0. The van der Waals surface area contributed by atoms with Crippen LogP contribution in [-0.2, 0) is 4.79 Å². The van der Waals surface area contributed by atoms with Crippen LogP contribution in [-0.4, -0.2) is 35.6 Å². The Morgan fingerprint density at radius 2 is 2.17 bits per heavy atom. The van der Waals surface area contributed by atoms with Crippen molar-refractivity contribution in [2.45, 2.75) is 59.3 Å². The summed E-state index contributed by atoms with van der Waals surface area (Å²) in [4.78, 5) is 14.0. The molecule has 1 aliphatic rings. The molecule has 0 aromatic carbocycles. The van der Waals surface area contributed by atoms with Gasteiger partial charge in [-0.25, -0.2) is 0 Å². The summed E-state index contributed by atoms with van der Waals surface area (Å²) in [5.74, 6) is -0.0243. The predicted octanol–water partition coefficient (Wildman–Crippen LogP) is 3.39.